The zero-order valence-electron chi connectivity index (χ0n) is 5.41. The maximum atomic E-state index is 8.07. The lowest BCUT2D eigenvalue weighted by atomic mass is 10.1. The molecule has 0 bridgehead atoms. The summed E-state index contributed by atoms with van der Waals surface area (Å²) in [7, 11) is 0. The lowest BCUT2D eigenvalue weighted by molar-refractivity contribution is 0.563. The molecule has 1 N–H and O–H groups in total. The van der Waals surface area contributed by atoms with E-state index in [2.05, 4.69) is 22.3 Å². The van der Waals surface area contributed by atoms with Gasteiger partial charge < -0.3 is 5.32 Å². The Hall–Kier alpha value is -0.730. The Bertz CT molecular complexity index is 138. The minimum absolute atomic E-state index is 0.176. The van der Waals surface area contributed by atoms with Gasteiger partial charge in [-0.15, -0.1) is 0 Å². The predicted octanol–water partition coefficient (Wildman–Crippen LogP) is 0.905. The first-order valence-electron chi connectivity index (χ1n) is 3.09. The Morgan fingerprint density at radius 2 is 2.44 bits per heavy atom. The van der Waals surface area contributed by atoms with Crippen LogP contribution in [0, 0.1) is 5.92 Å². The Morgan fingerprint density at radius 1 is 1.67 bits per heavy atom. The Labute approximate surface area is 53.9 Å². The molecule has 0 spiro atoms. The fourth-order valence-corrected chi connectivity index (χ4v) is 1.02. The number of nitrogens with zero attached hydrogens (tertiary/aromatic N) is 3. The number of hydrogen-bond acceptors (Lipinski definition) is 2. The van der Waals surface area contributed by atoms with Crippen molar-refractivity contribution in [1.82, 2.24) is 5.32 Å². The third-order valence-corrected chi connectivity index (χ3v) is 1.68. The minimum atomic E-state index is 0.176. The van der Waals surface area contributed by atoms with Crippen LogP contribution in [0.1, 0.15) is 6.92 Å². The molecule has 0 saturated carbocycles. The molecule has 0 unspecified atom stereocenters. The summed E-state index contributed by atoms with van der Waals surface area (Å²) < 4.78 is 0. The van der Waals surface area contributed by atoms with Crippen molar-refractivity contribution < 1.29 is 0 Å². The number of nitrogens with one attached hydrogen (secondary N) is 1. The molecule has 4 nitrogen and oxygen atoms in total. The third kappa shape index (κ3) is 1.34. The van der Waals surface area contributed by atoms with Gasteiger partial charge >= 0.3 is 0 Å². The summed E-state index contributed by atoms with van der Waals surface area (Å²) in [5.74, 6) is 0.501. The fraction of sp³-hybridized carbons (Fsp3) is 1.00. The maximum Gasteiger partial charge on any atom is 0.0536 e. The molecule has 0 radical (unpaired) electrons. The summed E-state index contributed by atoms with van der Waals surface area (Å²) in [6.45, 7) is 3.90. The Kier molecular flexibility index (Phi) is 1.92. The van der Waals surface area contributed by atoms with Crippen molar-refractivity contribution in [3.05, 3.63) is 10.4 Å². The van der Waals surface area contributed by atoms with E-state index in [1.54, 1.807) is 0 Å². The quantitative estimate of drug-likeness (QED) is 0.317. The molecular formula is C5H10N4. The maximum absolute atomic E-state index is 8.07. The van der Waals surface area contributed by atoms with Gasteiger partial charge in [0, 0.05) is 11.5 Å². The van der Waals surface area contributed by atoms with Crippen molar-refractivity contribution in [3.63, 3.8) is 0 Å². The molecule has 1 fully saturated rings. The topological polar surface area (TPSA) is 60.8 Å². The highest BCUT2D eigenvalue weighted by Crippen LogP contribution is 2.10. The number of rotatable bonds is 1. The highest BCUT2D eigenvalue weighted by molar-refractivity contribution is 4.83. The van der Waals surface area contributed by atoms with Gasteiger partial charge in [0.1, 0.15) is 0 Å². The van der Waals surface area contributed by atoms with Crippen molar-refractivity contribution in [3.8, 4) is 0 Å². The normalized spacial score (nSPS) is 33.9. The average molecular weight is 126 g/mol. The number of azide groups is 1. The molecule has 50 valence electrons. The molecule has 0 aromatic heterocycles. The molecule has 1 saturated heterocycles. The van der Waals surface area contributed by atoms with E-state index in [1.807, 2.05) is 0 Å². The first kappa shape index (κ1) is 6.39. The van der Waals surface area contributed by atoms with Crippen molar-refractivity contribution in [1.29, 1.82) is 0 Å². The molecule has 1 rings (SSSR count). The lowest BCUT2D eigenvalue weighted by Crippen LogP contribution is -2.12. The summed E-state index contributed by atoms with van der Waals surface area (Å²) >= 11 is 0. The van der Waals surface area contributed by atoms with Crippen molar-refractivity contribution in [2.75, 3.05) is 13.1 Å². The van der Waals surface area contributed by atoms with Crippen LogP contribution >= 0.6 is 0 Å². The third-order valence-electron chi connectivity index (χ3n) is 1.68. The molecular weight excluding hydrogens is 116 g/mol. The molecule has 1 aliphatic rings. The molecule has 4 heteroatoms. The summed E-state index contributed by atoms with van der Waals surface area (Å²) in [5.41, 5.74) is 8.07. The minimum Gasteiger partial charge on any atom is -0.316 e. The lowest BCUT2D eigenvalue weighted by Gasteiger charge is -2.03. The summed E-state index contributed by atoms with van der Waals surface area (Å²) in [6.07, 6.45) is 0. The molecule has 1 heterocycles. The Balaban J connectivity index is 2.49. The molecule has 0 aromatic rings. The van der Waals surface area contributed by atoms with Crippen molar-refractivity contribution >= 4 is 0 Å². The fourth-order valence-electron chi connectivity index (χ4n) is 1.02. The van der Waals surface area contributed by atoms with E-state index in [-0.39, 0.29) is 6.04 Å². The molecule has 1 aliphatic heterocycles. The monoisotopic (exact) mass is 126 g/mol. The van der Waals surface area contributed by atoms with Crippen LogP contribution in [0.2, 0.25) is 0 Å². The van der Waals surface area contributed by atoms with Gasteiger partial charge in [0.2, 0.25) is 0 Å². The van der Waals surface area contributed by atoms with E-state index >= 15 is 0 Å². The summed E-state index contributed by atoms with van der Waals surface area (Å²) in [5, 5.41) is 6.76. The number of hydrogen-bond donors (Lipinski definition) is 1. The SMILES string of the molecule is C[C@H]1CNC[C@H]1N=[N+]=[N-]. The largest absolute Gasteiger partial charge is 0.316 e. The second-order valence-corrected chi connectivity index (χ2v) is 2.41. The van der Waals surface area contributed by atoms with E-state index in [9.17, 15) is 0 Å². The van der Waals surface area contributed by atoms with E-state index in [4.69, 9.17) is 5.53 Å². The standard InChI is InChI=1S/C5H10N4/c1-4-2-7-3-5(4)8-9-6/h4-5,7H,2-3H2,1H3/t4-,5+/m0/s1. The van der Waals surface area contributed by atoms with E-state index in [1.165, 1.54) is 0 Å². The van der Waals surface area contributed by atoms with Gasteiger partial charge in [-0.1, -0.05) is 12.0 Å². The summed E-state index contributed by atoms with van der Waals surface area (Å²) in [4.78, 5) is 2.75. The summed E-state index contributed by atoms with van der Waals surface area (Å²) in [6, 6.07) is 0.176. The zero-order valence-corrected chi connectivity index (χ0v) is 5.41. The van der Waals surface area contributed by atoms with Gasteiger partial charge in [-0.2, -0.15) is 0 Å². The van der Waals surface area contributed by atoms with Gasteiger partial charge in [-0.25, -0.2) is 0 Å². The zero-order chi connectivity index (χ0) is 6.69. The van der Waals surface area contributed by atoms with Gasteiger partial charge in [0.15, 0.2) is 0 Å². The van der Waals surface area contributed by atoms with Gasteiger partial charge in [-0.05, 0) is 18.0 Å². The van der Waals surface area contributed by atoms with Crippen molar-refractivity contribution in [2.24, 2.45) is 11.0 Å². The molecule has 9 heavy (non-hydrogen) atoms. The second kappa shape index (κ2) is 2.71. The van der Waals surface area contributed by atoms with Crippen LogP contribution in [-0.2, 0) is 0 Å². The van der Waals surface area contributed by atoms with Crippen LogP contribution in [0.5, 0.6) is 0 Å². The highest BCUT2D eigenvalue weighted by Gasteiger charge is 2.20. The first-order valence-corrected chi connectivity index (χ1v) is 3.09. The Morgan fingerprint density at radius 3 is 2.89 bits per heavy atom. The van der Waals surface area contributed by atoms with Crippen LogP contribution in [0.15, 0.2) is 5.11 Å². The van der Waals surface area contributed by atoms with Crippen molar-refractivity contribution in [2.45, 2.75) is 13.0 Å². The molecule has 0 aromatic carbocycles. The second-order valence-electron chi connectivity index (χ2n) is 2.41. The van der Waals surface area contributed by atoms with Crippen LogP contribution < -0.4 is 5.32 Å². The van der Waals surface area contributed by atoms with E-state index in [0.29, 0.717) is 5.92 Å². The average Bonchev–Trinajstić information content (AvgIpc) is 2.18. The predicted molar refractivity (Wildman–Crippen MR) is 35.0 cm³/mol. The van der Waals surface area contributed by atoms with E-state index in [0.717, 1.165) is 13.1 Å². The molecule has 0 amide bonds. The molecule has 2 atom stereocenters. The molecule has 0 aliphatic carbocycles. The first-order chi connectivity index (χ1) is 4.34. The van der Waals surface area contributed by atoms with Crippen LogP contribution in [0.25, 0.3) is 10.4 Å². The van der Waals surface area contributed by atoms with Gasteiger partial charge in [0.05, 0.1) is 6.04 Å². The van der Waals surface area contributed by atoms with Gasteiger partial charge in [-0.3, -0.25) is 0 Å². The van der Waals surface area contributed by atoms with E-state index < -0.39 is 0 Å². The van der Waals surface area contributed by atoms with Crippen LogP contribution in [0.4, 0.5) is 0 Å². The van der Waals surface area contributed by atoms with Crippen LogP contribution in [0.3, 0.4) is 0 Å². The van der Waals surface area contributed by atoms with Gasteiger partial charge in [0.25, 0.3) is 0 Å². The van der Waals surface area contributed by atoms with Crippen LogP contribution in [-0.4, -0.2) is 19.1 Å². The smallest absolute Gasteiger partial charge is 0.0536 e. The highest BCUT2D eigenvalue weighted by atomic mass is 15.2.